The molecule has 3 heterocycles. The molecule has 0 bridgehead atoms. The molecule has 2 unspecified atom stereocenters. The zero-order valence-electron chi connectivity index (χ0n) is 48.4. The first kappa shape index (κ1) is 49.8. The van der Waals surface area contributed by atoms with E-state index in [0.29, 0.717) is 0 Å². The van der Waals surface area contributed by atoms with Crippen molar-refractivity contribution in [2.24, 2.45) is 0 Å². The summed E-state index contributed by atoms with van der Waals surface area (Å²) in [5.41, 5.74) is 25.8. The lowest BCUT2D eigenvalue weighted by molar-refractivity contribution is 0.270. The van der Waals surface area contributed by atoms with Crippen molar-refractivity contribution in [2.45, 2.75) is 161 Å². The third kappa shape index (κ3) is 7.22. The first-order chi connectivity index (χ1) is 36.4. The lowest BCUT2D eigenvalue weighted by Crippen LogP contribution is -2.62. The monoisotopic (exact) mass is 1010 g/mol. The number of hydrogen-bond acceptors (Lipinski definition) is 3. The molecule has 77 heavy (non-hydrogen) atoms. The van der Waals surface area contributed by atoms with Crippen LogP contribution in [0.15, 0.2) is 170 Å². The molecule has 8 aromatic rings. The predicted molar refractivity (Wildman–Crippen MR) is 330 cm³/mol. The molecule has 5 aliphatic rings. The van der Waals surface area contributed by atoms with Crippen molar-refractivity contribution in [3.8, 4) is 0 Å². The molecule has 8 aromatic carbocycles. The number of benzene rings is 8. The van der Waals surface area contributed by atoms with Gasteiger partial charge < -0.3 is 14.7 Å². The SMILES string of the molecule is CC(C)(C)c1ccc(N2c3ccc(C(C)(C)C)cc3B3c4cc5c(cc4N(c4ccccc4)c4cc(N6c7ccc(C(C)(C)C)cc7C7(c8ccccc8)CCc8ccccc8C67C)cc2c43)C(C)(C)CCC5(C)C)cc1. The van der Waals surface area contributed by atoms with E-state index < -0.39 is 5.54 Å². The Morgan fingerprint density at radius 3 is 1.52 bits per heavy atom. The quantitative estimate of drug-likeness (QED) is 0.163. The molecular formula is C73H78BN3. The minimum Gasteiger partial charge on any atom is -0.330 e. The summed E-state index contributed by atoms with van der Waals surface area (Å²) in [7, 11) is 0. The summed E-state index contributed by atoms with van der Waals surface area (Å²) in [6.45, 7) is 33.7. The Morgan fingerprint density at radius 1 is 0.390 bits per heavy atom. The molecule has 0 N–H and O–H groups in total. The zero-order valence-corrected chi connectivity index (χ0v) is 48.4. The zero-order chi connectivity index (χ0) is 54.0. The summed E-state index contributed by atoms with van der Waals surface area (Å²) in [5, 5.41) is 0. The van der Waals surface area contributed by atoms with Crippen molar-refractivity contribution in [1.82, 2.24) is 0 Å². The van der Waals surface area contributed by atoms with Crippen LogP contribution < -0.4 is 31.1 Å². The number of nitrogens with zero attached hydrogens (tertiary/aromatic N) is 3. The van der Waals surface area contributed by atoms with E-state index in [1.54, 1.807) is 0 Å². The van der Waals surface area contributed by atoms with Gasteiger partial charge in [0, 0.05) is 45.5 Å². The van der Waals surface area contributed by atoms with E-state index in [2.05, 4.69) is 281 Å². The molecule has 0 aromatic heterocycles. The normalized spacial score (nSPS) is 20.6. The van der Waals surface area contributed by atoms with Gasteiger partial charge in [-0.25, -0.2) is 0 Å². The first-order valence-electron chi connectivity index (χ1n) is 28.8. The van der Waals surface area contributed by atoms with Crippen molar-refractivity contribution >= 4 is 68.6 Å². The van der Waals surface area contributed by atoms with E-state index in [0.717, 1.165) is 25.7 Å². The van der Waals surface area contributed by atoms with Crippen LogP contribution in [0.1, 0.15) is 166 Å². The number of fused-ring (bicyclic) bond motifs is 10. The van der Waals surface area contributed by atoms with Crippen LogP contribution in [-0.4, -0.2) is 6.71 Å². The third-order valence-corrected chi connectivity index (χ3v) is 19.6. The third-order valence-electron chi connectivity index (χ3n) is 19.6. The van der Waals surface area contributed by atoms with E-state index >= 15 is 0 Å². The fourth-order valence-electron chi connectivity index (χ4n) is 15.1. The molecule has 0 fully saturated rings. The molecule has 2 aliphatic carbocycles. The van der Waals surface area contributed by atoms with E-state index in [1.165, 1.54) is 112 Å². The Hall–Kier alpha value is -6.78. The lowest BCUT2D eigenvalue weighted by atomic mass is 9.33. The van der Waals surface area contributed by atoms with Crippen molar-refractivity contribution in [3.05, 3.63) is 220 Å². The van der Waals surface area contributed by atoms with Gasteiger partial charge in [-0.3, -0.25) is 0 Å². The maximum absolute atomic E-state index is 2.82. The van der Waals surface area contributed by atoms with Gasteiger partial charge in [-0.2, -0.15) is 0 Å². The Balaban J connectivity index is 1.19. The van der Waals surface area contributed by atoms with E-state index in [4.69, 9.17) is 0 Å². The molecule has 4 heteroatoms. The summed E-state index contributed by atoms with van der Waals surface area (Å²) in [5.74, 6) is 0. The van der Waals surface area contributed by atoms with Crippen LogP contribution in [0.3, 0.4) is 0 Å². The molecule has 0 saturated heterocycles. The van der Waals surface area contributed by atoms with Crippen LogP contribution in [0.2, 0.25) is 0 Å². The fraction of sp³-hybridized carbons (Fsp3) is 0.342. The number of aryl methyl sites for hydroxylation is 1. The van der Waals surface area contributed by atoms with Crippen molar-refractivity contribution in [2.75, 3.05) is 14.7 Å². The van der Waals surface area contributed by atoms with Gasteiger partial charge >= 0.3 is 0 Å². The summed E-state index contributed by atoms with van der Waals surface area (Å²) >= 11 is 0. The van der Waals surface area contributed by atoms with Crippen LogP contribution in [-0.2, 0) is 44.4 Å². The summed E-state index contributed by atoms with van der Waals surface area (Å²) < 4.78 is 0. The number of anilines is 8. The Morgan fingerprint density at radius 2 is 0.896 bits per heavy atom. The largest absolute Gasteiger partial charge is 0.330 e. The molecule has 3 nitrogen and oxygen atoms in total. The number of para-hydroxylation sites is 1. The summed E-state index contributed by atoms with van der Waals surface area (Å²) in [6.07, 6.45) is 4.32. The minimum atomic E-state index is -0.519. The van der Waals surface area contributed by atoms with Crippen molar-refractivity contribution in [3.63, 3.8) is 0 Å². The fourth-order valence-corrected chi connectivity index (χ4v) is 15.1. The highest BCUT2D eigenvalue weighted by Crippen LogP contribution is 2.67. The van der Waals surface area contributed by atoms with Gasteiger partial charge in [0.1, 0.15) is 0 Å². The van der Waals surface area contributed by atoms with Gasteiger partial charge in [0.05, 0.1) is 11.0 Å². The molecule has 13 rings (SSSR count). The van der Waals surface area contributed by atoms with Crippen molar-refractivity contribution in [1.29, 1.82) is 0 Å². The number of rotatable bonds is 4. The molecule has 0 spiro atoms. The summed E-state index contributed by atoms with van der Waals surface area (Å²) in [6, 6.07) is 67.4. The van der Waals surface area contributed by atoms with Gasteiger partial charge in [0.15, 0.2) is 0 Å². The maximum atomic E-state index is 2.82. The van der Waals surface area contributed by atoms with E-state index in [-0.39, 0.29) is 39.2 Å². The summed E-state index contributed by atoms with van der Waals surface area (Å²) in [4.78, 5) is 8.14. The second-order valence-corrected chi connectivity index (χ2v) is 28.2. The molecule has 2 atom stereocenters. The van der Waals surface area contributed by atoms with Gasteiger partial charge in [-0.1, -0.05) is 205 Å². The van der Waals surface area contributed by atoms with Gasteiger partial charge in [0.25, 0.3) is 6.71 Å². The van der Waals surface area contributed by atoms with Crippen LogP contribution in [0.4, 0.5) is 45.5 Å². The number of hydrogen-bond donors (Lipinski definition) is 0. The maximum Gasteiger partial charge on any atom is 0.252 e. The highest BCUT2D eigenvalue weighted by molar-refractivity contribution is 7.00. The highest BCUT2D eigenvalue weighted by Gasteiger charge is 2.63. The minimum absolute atomic E-state index is 0.0124. The standard InChI is InChI=1S/C73H78BN3/c1-67(2,3)48-29-33-53(34-30-48)75-62-36-32-51(69(7,8)9)42-59(62)74-60-45-56-57(71(12,13)40-39-70(56,10)11)46-63(60)76(52-26-19-16-20-27-52)65-44-54(43-64(75)66(65)74)77-61-35-31-50(68(4,5)6)41-58(61)73(49-24-17-15-18-25-49)38-37-47-23-21-22-28-55(47)72(73,77)14/h15-36,41-46H,37-40H2,1-14H3. The molecular weight excluding hydrogens is 930 g/mol. The molecule has 388 valence electrons. The smallest absolute Gasteiger partial charge is 0.252 e. The molecule has 3 aliphatic heterocycles. The Kier molecular flexibility index (Phi) is 10.7. The van der Waals surface area contributed by atoms with Gasteiger partial charge in [0.2, 0.25) is 0 Å². The van der Waals surface area contributed by atoms with Crippen LogP contribution in [0.25, 0.3) is 0 Å². The van der Waals surface area contributed by atoms with Gasteiger partial charge in [-0.05, 0) is 181 Å². The Bertz CT molecular complexity index is 3680. The van der Waals surface area contributed by atoms with Crippen LogP contribution in [0.5, 0.6) is 0 Å². The van der Waals surface area contributed by atoms with Crippen molar-refractivity contribution < 1.29 is 0 Å². The van der Waals surface area contributed by atoms with Gasteiger partial charge in [-0.15, -0.1) is 0 Å². The van der Waals surface area contributed by atoms with E-state index in [1.807, 2.05) is 0 Å². The first-order valence-corrected chi connectivity index (χ1v) is 28.8. The lowest BCUT2D eigenvalue weighted by Gasteiger charge is -2.53. The molecule has 0 saturated carbocycles. The predicted octanol–water partition coefficient (Wildman–Crippen LogP) is 17.3. The average Bonchev–Trinajstić information content (AvgIpc) is 3.95. The highest BCUT2D eigenvalue weighted by atomic mass is 15.3. The molecule has 0 amide bonds. The second kappa shape index (κ2) is 16.6. The van der Waals surface area contributed by atoms with E-state index in [9.17, 15) is 0 Å². The van der Waals surface area contributed by atoms with Crippen LogP contribution in [0, 0.1) is 0 Å². The van der Waals surface area contributed by atoms with Crippen LogP contribution >= 0.6 is 0 Å². The molecule has 0 radical (unpaired) electrons. The second-order valence-electron chi connectivity index (χ2n) is 28.2. The Labute approximate surface area is 461 Å². The topological polar surface area (TPSA) is 9.72 Å². The average molecular weight is 1010 g/mol.